The van der Waals surface area contributed by atoms with E-state index in [1.807, 2.05) is 0 Å². The zero-order valence-electron chi connectivity index (χ0n) is 12.2. The van der Waals surface area contributed by atoms with Crippen LogP contribution in [0.5, 0.6) is 0 Å². The SMILES string of the molecule is Cc1cccc(N2CCN(C(=O)c3nnc(C)o3)CC2)c1. The van der Waals surface area contributed by atoms with Crippen LogP contribution < -0.4 is 4.90 Å². The molecule has 0 bridgehead atoms. The highest BCUT2D eigenvalue weighted by Gasteiger charge is 2.25. The van der Waals surface area contributed by atoms with E-state index in [-0.39, 0.29) is 11.8 Å². The molecule has 0 spiro atoms. The number of nitrogens with zero attached hydrogens (tertiary/aromatic N) is 4. The molecule has 0 unspecified atom stereocenters. The van der Waals surface area contributed by atoms with Crippen molar-refractivity contribution in [3.8, 4) is 0 Å². The first-order valence-corrected chi connectivity index (χ1v) is 7.04. The molecule has 1 aromatic carbocycles. The van der Waals surface area contributed by atoms with Crippen LogP contribution in [0.4, 0.5) is 5.69 Å². The zero-order valence-corrected chi connectivity index (χ0v) is 12.2. The van der Waals surface area contributed by atoms with Gasteiger partial charge < -0.3 is 14.2 Å². The molecule has 21 heavy (non-hydrogen) atoms. The summed E-state index contributed by atoms with van der Waals surface area (Å²) in [4.78, 5) is 16.3. The summed E-state index contributed by atoms with van der Waals surface area (Å²) in [7, 11) is 0. The molecule has 1 aliphatic heterocycles. The van der Waals surface area contributed by atoms with E-state index >= 15 is 0 Å². The van der Waals surface area contributed by atoms with Gasteiger partial charge in [-0.25, -0.2) is 0 Å². The lowest BCUT2D eigenvalue weighted by atomic mass is 10.2. The van der Waals surface area contributed by atoms with Crippen LogP contribution in [-0.4, -0.2) is 47.2 Å². The van der Waals surface area contributed by atoms with Crippen LogP contribution in [0.15, 0.2) is 28.7 Å². The molecule has 0 aliphatic carbocycles. The Kier molecular flexibility index (Phi) is 3.60. The topological polar surface area (TPSA) is 62.5 Å². The number of aromatic nitrogens is 2. The largest absolute Gasteiger partial charge is 0.417 e. The zero-order chi connectivity index (χ0) is 14.8. The molecule has 6 nitrogen and oxygen atoms in total. The minimum atomic E-state index is -0.181. The lowest BCUT2D eigenvalue weighted by molar-refractivity contribution is 0.0705. The highest BCUT2D eigenvalue weighted by molar-refractivity contribution is 5.89. The molecule has 0 N–H and O–H groups in total. The normalized spacial score (nSPS) is 15.3. The monoisotopic (exact) mass is 286 g/mol. The molecule has 1 aromatic heterocycles. The first-order valence-electron chi connectivity index (χ1n) is 7.04. The van der Waals surface area contributed by atoms with Crippen molar-refractivity contribution < 1.29 is 9.21 Å². The van der Waals surface area contributed by atoms with Gasteiger partial charge in [-0.2, -0.15) is 0 Å². The predicted octanol–water partition coefficient (Wildman–Crippen LogP) is 1.65. The molecule has 1 saturated heterocycles. The number of carbonyl (C=O) groups is 1. The molecular weight excluding hydrogens is 268 g/mol. The maximum absolute atomic E-state index is 12.2. The third-order valence-electron chi connectivity index (χ3n) is 3.64. The molecule has 110 valence electrons. The van der Waals surface area contributed by atoms with E-state index in [0.717, 1.165) is 13.1 Å². The number of rotatable bonds is 2. The average Bonchev–Trinajstić information content (AvgIpc) is 2.93. The quantitative estimate of drug-likeness (QED) is 0.840. The second kappa shape index (κ2) is 5.55. The number of amides is 1. The molecule has 1 aliphatic rings. The highest BCUT2D eigenvalue weighted by Crippen LogP contribution is 2.18. The van der Waals surface area contributed by atoms with Crippen molar-refractivity contribution in [1.82, 2.24) is 15.1 Å². The number of aryl methyl sites for hydroxylation is 2. The van der Waals surface area contributed by atoms with E-state index in [9.17, 15) is 4.79 Å². The van der Waals surface area contributed by atoms with Gasteiger partial charge in [-0.15, -0.1) is 10.2 Å². The van der Waals surface area contributed by atoms with Gasteiger partial charge in [0.1, 0.15) is 0 Å². The van der Waals surface area contributed by atoms with Crippen molar-refractivity contribution >= 4 is 11.6 Å². The van der Waals surface area contributed by atoms with Crippen LogP contribution in [0.2, 0.25) is 0 Å². The van der Waals surface area contributed by atoms with Gasteiger partial charge in [0.2, 0.25) is 5.89 Å². The molecule has 2 heterocycles. The molecule has 6 heteroatoms. The molecule has 0 radical (unpaired) electrons. The molecule has 3 rings (SSSR count). The van der Waals surface area contributed by atoms with Crippen LogP contribution in [0.25, 0.3) is 0 Å². The third-order valence-corrected chi connectivity index (χ3v) is 3.64. The number of anilines is 1. The van der Waals surface area contributed by atoms with E-state index in [2.05, 4.69) is 46.3 Å². The number of carbonyl (C=O) groups excluding carboxylic acids is 1. The fraction of sp³-hybridized carbons (Fsp3) is 0.400. The van der Waals surface area contributed by atoms with Crippen LogP contribution in [0.1, 0.15) is 22.1 Å². The van der Waals surface area contributed by atoms with Gasteiger partial charge in [0.05, 0.1) is 0 Å². The average molecular weight is 286 g/mol. The predicted molar refractivity (Wildman–Crippen MR) is 78.3 cm³/mol. The summed E-state index contributed by atoms with van der Waals surface area (Å²) in [6.07, 6.45) is 0. The minimum absolute atomic E-state index is 0.0801. The molecule has 2 aromatic rings. The first-order chi connectivity index (χ1) is 10.1. The second-order valence-electron chi connectivity index (χ2n) is 5.24. The van der Waals surface area contributed by atoms with E-state index in [4.69, 9.17) is 4.42 Å². The minimum Gasteiger partial charge on any atom is -0.417 e. The summed E-state index contributed by atoms with van der Waals surface area (Å²) >= 11 is 0. The van der Waals surface area contributed by atoms with E-state index in [0.29, 0.717) is 19.0 Å². The van der Waals surface area contributed by atoms with E-state index in [1.54, 1.807) is 11.8 Å². The fourth-order valence-electron chi connectivity index (χ4n) is 2.51. The van der Waals surface area contributed by atoms with Crippen molar-refractivity contribution in [3.63, 3.8) is 0 Å². The van der Waals surface area contributed by atoms with Gasteiger partial charge in [-0.3, -0.25) is 4.79 Å². The third kappa shape index (κ3) is 2.89. The van der Waals surface area contributed by atoms with Crippen LogP contribution in [-0.2, 0) is 0 Å². The molecule has 1 amide bonds. The Morgan fingerprint density at radius 2 is 1.90 bits per heavy atom. The van der Waals surface area contributed by atoms with Crippen LogP contribution in [0.3, 0.4) is 0 Å². The maximum Gasteiger partial charge on any atom is 0.311 e. The fourth-order valence-corrected chi connectivity index (χ4v) is 2.51. The summed E-state index contributed by atoms with van der Waals surface area (Å²) in [5.41, 5.74) is 2.45. The number of piperazine rings is 1. The van der Waals surface area contributed by atoms with E-state index < -0.39 is 0 Å². The molecule has 0 saturated carbocycles. The standard InChI is InChI=1S/C15H18N4O2/c1-11-4-3-5-13(10-11)18-6-8-19(9-7-18)15(20)14-17-16-12(2)21-14/h3-5,10H,6-9H2,1-2H3. The van der Waals surface area contributed by atoms with Crippen molar-refractivity contribution in [3.05, 3.63) is 41.6 Å². The number of hydrogen-bond donors (Lipinski definition) is 0. The second-order valence-corrected chi connectivity index (χ2v) is 5.24. The summed E-state index contributed by atoms with van der Waals surface area (Å²) < 4.78 is 5.20. The van der Waals surface area contributed by atoms with Gasteiger partial charge in [0, 0.05) is 38.8 Å². The number of hydrogen-bond acceptors (Lipinski definition) is 5. The van der Waals surface area contributed by atoms with Crippen molar-refractivity contribution in [2.24, 2.45) is 0 Å². The first kappa shape index (κ1) is 13.6. The lowest BCUT2D eigenvalue weighted by Gasteiger charge is -2.35. The van der Waals surface area contributed by atoms with Crippen LogP contribution in [0, 0.1) is 13.8 Å². The maximum atomic E-state index is 12.2. The Bertz CT molecular complexity index is 645. The lowest BCUT2D eigenvalue weighted by Crippen LogP contribution is -2.48. The summed E-state index contributed by atoms with van der Waals surface area (Å²) in [5.74, 6) is 0.313. The van der Waals surface area contributed by atoms with Gasteiger partial charge in [0.15, 0.2) is 0 Å². The smallest absolute Gasteiger partial charge is 0.311 e. The van der Waals surface area contributed by atoms with Crippen molar-refractivity contribution in [2.45, 2.75) is 13.8 Å². The van der Waals surface area contributed by atoms with Gasteiger partial charge in [-0.05, 0) is 24.6 Å². The Balaban J connectivity index is 1.64. The van der Waals surface area contributed by atoms with E-state index in [1.165, 1.54) is 11.3 Å². The van der Waals surface area contributed by atoms with Crippen molar-refractivity contribution in [2.75, 3.05) is 31.1 Å². The summed E-state index contributed by atoms with van der Waals surface area (Å²) in [5, 5.41) is 7.49. The Morgan fingerprint density at radius 3 is 2.52 bits per heavy atom. The number of benzene rings is 1. The molecule has 1 fully saturated rings. The van der Waals surface area contributed by atoms with Gasteiger partial charge in [-0.1, -0.05) is 12.1 Å². The highest BCUT2D eigenvalue weighted by atomic mass is 16.4. The van der Waals surface area contributed by atoms with Gasteiger partial charge in [0.25, 0.3) is 0 Å². The Labute approximate surface area is 123 Å². The summed E-state index contributed by atoms with van der Waals surface area (Å²) in [6, 6.07) is 8.41. The van der Waals surface area contributed by atoms with Crippen molar-refractivity contribution in [1.29, 1.82) is 0 Å². The Morgan fingerprint density at radius 1 is 1.14 bits per heavy atom. The van der Waals surface area contributed by atoms with Gasteiger partial charge >= 0.3 is 11.8 Å². The van der Waals surface area contributed by atoms with Crippen LogP contribution >= 0.6 is 0 Å². The molecule has 0 atom stereocenters. The summed E-state index contributed by atoms with van der Waals surface area (Å²) in [6.45, 7) is 6.70. The Hall–Kier alpha value is -2.37. The molecular formula is C15H18N4O2.